The maximum atomic E-state index is 12.8. The molecule has 1 atom stereocenters. The molecule has 6 heteroatoms. The molecule has 0 saturated carbocycles. The fourth-order valence-electron chi connectivity index (χ4n) is 3.65. The van der Waals surface area contributed by atoms with E-state index in [0.29, 0.717) is 25.9 Å². The quantitative estimate of drug-likeness (QED) is 0.822. The molecule has 140 valence electrons. The number of carbonyl (C=O) groups is 3. The Bertz CT molecular complexity index is 668. The summed E-state index contributed by atoms with van der Waals surface area (Å²) in [5.74, 6) is -0.440. The first kappa shape index (κ1) is 18.4. The maximum Gasteiger partial charge on any atom is 0.325 e. The van der Waals surface area contributed by atoms with E-state index in [1.54, 1.807) is 11.8 Å². The summed E-state index contributed by atoms with van der Waals surface area (Å²) in [5, 5.41) is 2.79. The van der Waals surface area contributed by atoms with Gasteiger partial charge in [0.05, 0.1) is 0 Å². The summed E-state index contributed by atoms with van der Waals surface area (Å²) in [7, 11) is 0. The van der Waals surface area contributed by atoms with Crippen molar-refractivity contribution in [3.63, 3.8) is 0 Å². The van der Waals surface area contributed by atoms with Crippen molar-refractivity contribution in [1.29, 1.82) is 0 Å². The van der Waals surface area contributed by atoms with Crippen LogP contribution in [0, 0.1) is 0 Å². The van der Waals surface area contributed by atoms with Gasteiger partial charge in [0, 0.05) is 13.1 Å². The SMILES string of the molecule is C[C@]1(CCc2ccccc2)NC(=O)N(CC(=O)N2CCCCCC2)C1=O. The van der Waals surface area contributed by atoms with Crippen LogP contribution >= 0.6 is 0 Å². The Labute approximate surface area is 154 Å². The molecule has 26 heavy (non-hydrogen) atoms. The van der Waals surface area contributed by atoms with Crippen LogP contribution in [-0.2, 0) is 16.0 Å². The minimum absolute atomic E-state index is 0.136. The van der Waals surface area contributed by atoms with E-state index in [0.717, 1.165) is 36.1 Å². The molecule has 2 aliphatic rings. The van der Waals surface area contributed by atoms with Crippen molar-refractivity contribution < 1.29 is 14.4 Å². The number of imide groups is 1. The van der Waals surface area contributed by atoms with Crippen LogP contribution in [-0.4, -0.2) is 52.8 Å². The van der Waals surface area contributed by atoms with Crippen molar-refractivity contribution >= 4 is 17.8 Å². The summed E-state index contributed by atoms with van der Waals surface area (Å²) >= 11 is 0. The van der Waals surface area contributed by atoms with Gasteiger partial charge in [-0.15, -0.1) is 0 Å². The van der Waals surface area contributed by atoms with E-state index in [1.165, 1.54) is 0 Å². The molecule has 2 fully saturated rings. The molecule has 6 nitrogen and oxygen atoms in total. The molecular formula is C20H27N3O3. The summed E-state index contributed by atoms with van der Waals surface area (Å²) in [6, 6.07) is 9.41. The van der Waals surface area contributed by atoms with Crippen molar-refractivity contribution in [2.45, 2.75) is 51.0 Å². The predicted octanol–water partition coefficient (Wildman–Crippen LogP) is 2.33. The van der Waals surface area contributed by atoms with Crippen molar-refractivity contribution in [2.75, 3.05) is 19.6 Å². The van der Waals surface area contributed by atoms with Gasteiger partial charge in [-0.3, -0.25) is 14.5 Å². The van der Waals surface area contributed by atoms with Gasteiger partial charge in [0.15, 0.2) is 0 Å². The molecule has 0 radical (unpaired) electrons. The largest absolute Gasteiger partial charge is 0.341 e. The van der Waals surface area contributed by atoms with E-state index in [-0.39, 0.29) is 18.4 Å². The third-order valence-electron chi connectivity index (χ3n) is 5.35. The Morgan fingerprint density at radius 3 is 2.38 bits per heavy atom. The Morgan fingerprint density at radius 1 is 1.08 bits per heavy atom. The lowest BCUT2D eigenvalue weighted by Crippen LogP contribution is -2.46. The second-order valence-corrected chi connectivity index (χ2v) is 7.43. The zero-order valence-electron chi connectivity index (χ0n) is 15.4. The second-order valence-electron chi connectivity index (χ2n) is 7.43. The molecule has 1 aromatic rings. The van der Waals surface area contributed by atoms with Gasteiger partial charge in [-0.25, -0.2) is 4.79 Å². The van der Waals surface area contributed by atoms with Crippen molar-refractivity contribution in [2.24, 2.45) is 0 Å². The van der Waals surface area contributed by atoms with Crippen LogP contribution in [0.4, 0.5) is 4.79 Å². The molecule has 2 heterocycles. The van der Waals surface area contributed by atoms with Crippen LogP contribution in [0.5, 0.6) is 0 Å². The number of urea groups is 1. The van der Waals surface area contributed by atoms with Crippen molar-refractivity contribution in [3.05, 3.63) is 35.9 Å². The zero-order valence-corrected chi connectivity index (χ0v) is 15.4. The van der Waals surface area contributed by atoms with Crippen molar-refractivity contribution in [3.8, 4) is 0 Å². The van der Waals surface area contributed by atoms with E-state index in [2.05, 4.69) is 5.32 Å². The third kappa shape index (κ3) is 4.06. The fraction of sp³-hybridized carbons (Fsp3) is 0.550. The number of nitrogens with one attached hydrogen (secondary N) is 1. The monoisotopic (exact) mass is 357 g/mol. The molecule has 0 aromatic heterocycles. The van der Waals surface area contributed by atoms with Crippen LogP contribution in [0.2, 0.25) is 0 Å². The van der Waals surface area contributed by atoms with Gasteiger partial charge in [0.25, 0.3) is 5.91 Å². The van der Waals surface area contributed by atoms with E-state index in [4.69, 9.17) is 0 Å². The molecule has 3 rings (SSSR count). The van der Waals surface area contributed by atoms with Gasteiger partial charge in [-0.2, -0.15) is 0 Å². The van der Waals surface area contributed by atoms with Gasteiger partial charge in [0.1, 0.15) is 12.1 Å². The van der Waals surface area contributed by atoms with Gasteiger partial charge < -0.3 is 10.2 Å². The van der Waals surface area contributed by atoms with Crippen LogP contribution in [0.3, 0.4) is 0 Å². The first-order valence-corrected chi connectivity index (χ1v) is 9.45. The number of hydrogen-bond donors (Lipinski definition) is 1. The summed E-state index contributed by atoms with van der Waals surface area (Å²) in [6.07, 6.45) is 5.43. The van der Waals surface area contributed by atoms with E-state index >= 15 is 0 Å². The minimum atomic E-state index is -0.952. The maximum absolute atomic E-state index is 12.8. The highest BCUT2D eigenvalue weighted by atomic mass is 16.2. The number of nitrogens with zero attached hydrogens (tertiary/aromatic N) is 2. The molecule has 0 aliphatic carbocycles. The van der Waals surface area contributed by atoms with Gasteiger partial charge in [-0.05, 0) is 38.2 Å². The van der Waals surface area contributed by atoms with Crippen molar-refractivity contribution in [1.82, 2.24) is 15.1 Å². The molecule has 0 unspecified atom stereocenters. The number of carbonyl (C=O) groups excluding carboxylic acids is 3. The minimum Gasteiger partial charge on any atom is -0.341 e. The van der Waals surface area contributed by atoms with Crippen LogP contribution in [0.1, 0.15) is 44.6 Å². The summed E-state index contributed by atoms with van der Waals surface area (Å²) in [5.41, 5.74) is 0.168. The number of aryl methyl sites for hydroxylation is 1. The molecule has 1 N–H and O–H groups in total. The molecular weight excluding hydrogens is 330 g/mol. The van der Waals surface area contributed by atoms with E-state index in [9.17, 15) is 14.4 Å². The standard InChI is InChI=1S/C20H27N3O3/c1-20(12-11-16-9-5-4-6-10-16)18(25)23(19(26)21-20)15-17(24)22-13-7-2-3-8-14-22/h4-6,9-10H,2-3,7-8,11-15H2,1H3,(H,21,26)/t20-/m1/s1. The summed E-state index contributed by atoms with van der Waals surface area (Å²) in [4.78, 5) is 40.5. The topological polar surface area (TPSA) is 69.7 Å². The highest BCUT2D eigenvalue weighted by Gasteiger charge is 2.48. The molecule has 2 saturated heterocycles. The molecule has 0 spiro atoms. The van der Waals surface area contributed by atoms with Crippen LogP contribution in [0.15, 0.2) is 30.3 Å². The number of likely N-dealkylation sites (tertiary alicyclic amines) is 1. The van der Waals surface area contributed by atoms with Gasteiger partial charge in [0.2, 0.25) is 5.91 Å². The average Bonchev–Trinajstić information content (AvgIpc) is 2.86. The number of benzene rings is 1. The molecule has 2 aliphatic heterocycles. The van der Waals surface area contributed by atoms with Crippen LogP contribution in [0.25, 0.3) is 0 Å². The lowest BCUT2D eigenvalue weighted by atomic mass is 9.93. The first-order chi connectivity index (χ1) is 12.5. The Kier molecular flexibility index (Phi) is 5.59. The van der Waals surface area contributed by atoms with E-state index in [1.807, 2.05) is 30.3 Å². The lowest BCUT2D eigenvalue weighted by molar-refractivity contribution is -0.138. The lowest BCUT2D eigenvalue weighted by Gasteiger charge is -2.24. The number of amides is 4. The molecule has 0 bridgehead atoms. The fourth-order valence-corrected chi connectivity index (χ4v) is 3.65. The Balaban J connectivity index is 1.61. The average molecular weight is 357 g/mol. The zero-order chi connectivity index (χ0) is 18.6. The highest BCUT2D eigenvalue weighted by Crippen LogP contribution is 2.23. The smallest absolute Gasteiger partial charge is 0.325 e. The Hall–Kier alpha value is -2.37. The third-order valence-corrected chi connectivity index (χ3v) is 5.35. The highest BCUT2D eigenvalue weighted by molar-refractivity contribution is 6.08. The van der Waals surface area contributed by atoms with E-state index < -0.39 is 11.6 Å². The summed E-state index contributed by atoms with van der Waals surface area (Å²) < 4.78 is 0. The van der Waals surface area contributed by atoms with Gasteiger partial charge >= 0.3 is 6.03 Å². The second kappa shape index (κ2) is 7.89. The van der Waals surface area contributed by atoms with Gasteiger partial charge in [-0.1, -0.05) is 43.2 Å². The normalized spacial score (nSPS) is 23.7. The number of rotatable bonds is 5. The Morgan fingerprint density at radius 2 is 1.73 bits per heavy atom. The molecule has 4 amide bonds. The first-order valence-electron chi connectivity index (χ1n) is 9.45. The predicted molar refractivity (Wildman–Crippen MR) is 98.5 cm³/mol. The number of hydrogen-bond acceptors (Lipinski definition) is 3. The summed E-state index contributed by atoms with van der Waals surface area (Å²) in [6.45, 7) is 3.01. The van der Waals surface area contributed by atoms with Crippen LogP contribution < -0.4 is 5.32 Å². The molecule has 1 aromatic carbocycles.